The van der Waals surface area contributed by atoms with Gasteiger partial charge < -0.3 is 15.1 Å². The Morgan fingerprint density at radius 2 is 2.04 bits per heavy atom. The standard InChI is InChI=1S/C20H22N4O2/c25-19-18-11-16(14-23(19)13-15-5-2-1-3-6-15)8-10-24(18)20(26)22-17-7-4-9-21-12-17/h1-7,9,12,16,18H,8,10-11,13-14H2,(H,22,26)/t16-,18+/m0/s1. The van der Waals surface area contributed by atoms with E-state index < -0.39 is 0 Å². The summed E-state index contributed by atoms with van der Waals surface area (Å²) >= 11 is 0. The Kier molecular flexibility index (Phi) is 4.56. The minimum absolute atomic E-state index is 0.0474. The number of urea groups is 1. The zero-order valence-corrected chi connectivity index (χ0v) is 14.5. The smallest absolute Gasteiger partial charge is 0.322 e. The molecule has 3 heterocycles. The number of hydrogen-bond donors (Lipinski definition) is 1. The lowest BCUT2D eigenvalue weighted by Gasteiger charge is -2.46. The fourth-order valence-electron chi connectivity index (χ4n) is 3.87. The fraction of sp³-hybridized carbons (Fsp3) is 0.350. The van der Waals surface area contributed by atoms with E-state index in [1.807, 2.05) is 35.2 Å². The van der Waals surface area contributed by atoms with Crippen molar-refractivity contribution in [1.82, 2.24) is 14.8 Å². The summed E-state index contributed by atoms with van der Waals surface area (Å²) in [7, 11) is 0. The Bertz CT molecular complexity index is 781. The van der Waals surface area contributed by atoms with Crippen molar-refractivity contribution in [3.8, 4) is 0 Å². The monoisotopic (exact) mass is 350 g/mol. The van der Waals surface area contributed by atoms with Crippen LogP contribution in [0.3, 0.4) is 0 Å². The van der Waals surface area contributed by atoms with E-state index in [2.05, 4.69) is 10.3 Å². The van der Waals surface area contributed by atoms with Gasteiger partial charge in [0.1, 0.15) is 6.04 Å². The lowest BCUT2D eigenvalue weighted by molar-refractivity contribution is -0.144. The maximum Gasteiger partial charge on any atom is 0.322 e. The number of fused-ring (bicyclic) bond motifs is 2. The minimum Gasteiger partial charge on any atom is -0.336 e. The van der Waals surface area contributed by atoms with Gasteiger partial charge in [-0.05, 0) is 36.5 Å². The molecule has 6 heteroatoms. The second-order valence-electron chi connectivity index (χ2n) is 6.98. The predicted octanol–water partition coefficient (Wildman–Crippen LogP) is 2.74. The fourth-order valence-corrected chi connectivity index (χ4v) is 3.87. The molecule has 6 nitrogen and oxygen atoms in total. The van der Waals surface area contributed by atoms with E-state index in [9.17, 15) is 9.59 Å². The SMILES string of the molecule is O=C1[C@H]2C[C@H](CCN2C(=O)Nc2cccnc2)CN1Cc1ccccc1. The van der Waals surface area contributed by atoms with Crippen LogP contribution in [0.1, 0.15) is 18.4 Å². The molecule has 1 N–H and O–H groups in total. The van der Waals surface area contributed by atoms with Crippen LogP contribution in [0, 0.1) is 5.92 Å². The summed E-state index contributed by atoms with van der Waals surface area (Å²) in [5.41, 5.74) is 1.76. The van der Waals surface area contributed by atoms with Crippen LogP contribution in [-0.4, -0.2) is 45.9 Å². The Morgan fingerprint density at radius 3 is 2.81 bits per heavy atom. The van der Waals surface area contributed by atoms with Crippen LogP contribution in [0.25, 0.3) is 0 Å². The Balaban J connectivity index is 1.47. The number of piperidine rings is 2. The van der Waals surface area contributed by atoms with E-state index in [0.717, 1.165) is 24.9 Å². The number of likely N-dealkylation sites (tertiary alicyclic amines) is 2. The number of pyridine rings is 1. The molecule has 2 bridgehead atoms. The second kappa shape index (κ2) is 7.15. The van der Waals surface area contributed by atoms with E-state index in [4.69, 9.17) is 0 Å². The maximum absolute atomic E-state index is 13.0. The molecule has 1 aromatic heterocycles. The zero-order valence-electron chi connectivity index (χ0n) is 14.5. The molecule has 0 saturated carbocycles. The van der Waals surface area contributed by atoms with Gasteiger partial charge in [0.15, 0.2) is 0 Å². The Labute approximate surface area is 152 Å². The summed E-state index contributed by atoms with van der Waals surface area (Å²) in [6.45, 7) is 2.00. The molecular formula is C20H22N4O2. The third-order valence-corrected chi connectivity index (χ3v) is 5.18. The summed E-state index contributed by atoms with van der Waals surface area (Å²) in [5.74, 6) is 0.509. The molecule has 2 aliphatic rings. The summed E-state index contributed by atoms with van der Waals surface area (Å²) < 4.78 is 0. The number of aromatic nitrogens is 1. The number of nitrogens with zero attached hydrogens (tertiary/aromatic N) is 3. The van der Waals surface area contributed by atoms with Gasteiger partial charge in [-0.25, -0.2) is 4.79 Å². The first-order chi connectivity index (χ1) is 12.7. The third-order valence-electron chi connectivity index (χ3n) is 5.18. The topological polar surface area (TPSA) is 65.5 Å². The first kappa shape index (κ1) is 16.6. The molecule has 3 amide bonds. The number of hydrogen-bond acceptors (Lipinski definition) is 3. The van der Waals surface area contributed by atoms with Gasteiger partial charge in [-0.15, -0.1) is 0 Å². The van der Waals surface area contributed by atoms with Crippen LogP contribution in [-0.2, 0) is 11.3 Å². The van der Waals surface area contributed by atoms with Crippen molar-refractivity contribution >= 4 is 17.6 Å². The average molecular weight is 350 g/mol. The van der Waals surface area contributed by atoms with Crippen LogP contribution < -0.4 is 5.32 Å². The minimum atomic E-state index is -0.372. The quantitative estimate of drug-likeness (QED) is 0.926. The van der Waals surface area contributed by atoms with Crippen LogP contribution >= 0.6 is 0 Å². The summed E-state index contributed by atoms with van der Waals surface area (Å²) in [6.07, 6.45) is 4.95. The predicted molar refractivity (Wildman–Crippen MR) is 98.3 cm³/mol. The highest BCUT2D eigenvalue weighted by Crippen LogP contribution is 2.31. The molecule has 2 atom stereocenters. The number of anilines is 1. The molecule has 1 aromatic carbocycles. The van der Waals surface area contributed by atoms with Crippen LogP contribution in [0.15, 0.2) is 54.9 Å². The lowest BCUT2D eigenvalue weighted by atomic mass is 9.86. The highest BCUT2D eigenvalue weighted by molar-refractivity contribution is 5.94. The van der Waals surface area contributed by atoms with E-state index in [-0.39, 0.29) is 18.0 Å². The number of carbonyl (C=O) groups is 2. The molecule has 4 rings (SSSR count). The number of carbonyl (C=O) groups excluding carboxylic acids is 2. The summed E-state index contributed by atoms with van der Waals surface area (Å²) in [6, 6.07) is 13.0. The van der Waals surface area contributed by atoms with Crippen molar-refractivity contribution in [3.05, 3.63) is 60.4 Å². The molecular weight excluding hydrogens is 328 g/mol. The van der Waals surface area contributed by atoms with Crippen molar-refractivity contribution in [2.24, 2.45) is 5.92 Å². The number of rotatable bonds is 3. The van der Waals surface area contributed by atoms with Crippen molar-refractivity contribution in [3.63, 3.8) is 0 Å². The third kappa shape index (κ3) is 3.40. The highest BCUT2D eigenvalue weighted by atomic mass is 16.2. The molecule has 2 saturated heterocycles. The first-order valence-corrected chi connectivity index (χ1v) is 9.01. The maximum atomic E-state index is 13.0. The molecule has 2 fully saturated rings. The molecule has 2 aromatic rings. The van der Waals surface area contributed by atoms with Crippen molar-refractivity contribution in [1.29, 1.82) is 0 Å². The molecule has 0 aliphatic carbocycles. The lowest BCUT2D eigenvalue weighted by Crippen LogP contribution is -2.60. The average Bonchev–Trinajstić information content (AvgIpc) is 2.67. The molecule has 0 spiro atoms. The van der Waals surface area contributed by atoms with Crippen LogP contribution in [0.5, 0.6) is 0 Å². The normalized spacial score (nSPS) is 22.2. The van der Waals surface area contributed by atoms with Gasteiger partial charge in [0, 0.05) is 25.8 Å². The largest absolute Gasteiger partial charge is 0.336 e. The van der Waals surface area contributed by atoms with E-state index in [0.29, 0.717) is 24.7 Å². The number of benzene rings is 1. The van der Waals surface area contributed by atoms with Crippen LogP contribution in [0.4, 0.5) is 10.5 Å². The zero-order chi connectivity index (χ0) is 17.9. The van der Waals surface area contributed by atoms with Gasteiger partial charge in [0.2, 0.25) is 5.91 Å². The molecule has 134 valence electrons. The summed E-state index contributed by atoms with van der Waals surface area (Å²) in [4.78, 5) is 33.3. The number of nitrogens with one attached hydrogen (secondary N) is 1. The second-order valence-corrected chi connectivity index (χ2v) is 6.98. The molecule has 0 unspecified atom stereocenters. The molecule has 26 heavy (non-hydrogen) atoms. The highest BCUT2D eigenvalue weighted by Gasteiger charge is 2.43. The molecule has 0 radical (unpaired) electrons. The van der Waals surface area contributed by atoms with Crippen molar-refractivity contribution in [2.45, 2.75) is 25.4 Å². The first-order valence-electron chi connectivity index (χ1n) is 9.01. The van der Waals surface area contributed by atoms with Gasteiger partial charge in [-0.2, -0.15) is 0 Å². The summed E-state index contributed by atoms with van der Waals surface area (Å²) in [5, 5.41) is 2.85. The van der Waals surface area contributed by atoms with E-state index in [1.165, 1.54) is 0 Å². The van der Waals surface area contributed by atoms with E-state index in [1.54, 1.807) is 29.4 Å². The Morgan fingerprint density at radius 1 is 1.19 bits per heavy atom. The van der Waals surface area contributed by atoms with Crippen LogP contribution in [0.2, 0.25) is 0 Å². The van der Waals surface area contributed by atoms with Gasteiger partial charge >= 0.3 is 6.03 Å². The van der Waals surface area contributed by atoms with Gasteiger partial charge in [0.05, 0.1) is 11.9 Å². The Hall–Kier alpha value is -2.89. The van der Waals surface area contributed by atoms with Gasteiger partial charge in [-0.3, -0.25) is 9.78 Å². The van der Waals surface area contributed by atoms with Crippen molar-refractivity contribution < 1.29 is 9.59 Å². The van der Waals surface area contributed by atoms with Gasteiger partial charge in [-0.1, -0.05) is 30.3 Å². The number of amides is 3. The molecule has 2 aliphatic heterocycles. The van der Waals surface area contributed by atoms with Gasteiger partial charge in [0.25, 0.3) is 0 Å². The van der Waals surface area contributed by atoms with E-state index >= 15 is 0 Å². The van der Waals surface area contributed by atoms with Crippen molar-refractivity contribution in [2.75, 3.05) is 18.4 Å².